The lowest BCUT2D eigenvalue weighted by atomic mass is 9.83. The number of nitrogens with zero attached hydrogens (tertiary/aromatic N) is 2. The fourth-order valence-electron chi connectivity index (χ4n) is 5.01. The number of hydrogen-bond acceptors (Lipinski definition) is 2. The average Bonchev–Trinajstić information content (AvgIpc) is 3.22. The lowest BCUT2D eigenvalue weighted by Gasteiger charge is -2.25. The van der Waals surface area contributed by atoms with Crippen LogP contribution in [0.15, 0.2) is 48.5 Å². The summed E-state index contributed by atoms with van der Waals surface area (Å²) < 4.78 is 2.04. The van der Waals surface area contributed by atoms with Crippen LogP contribution in [0, 0.1) is 0 Å². The van der Waals surface area contributed by atoms with Crippen molar-refractivity contribution in [2.75, 3.05) is 4.90 Å². The van der Waals surface area contributed by atoms with E-state index >= 15 is 0 Å². The number of fused-ring (bicyclic) bond motifs is 3. The van der Waals surface area contributed by atoms with Crippen molar-refractivity contribution in [3.05, 3.63) is 65.2 Å². The summed E-state index contributed by atoms with van der Waals surface area (Å²) in [5.74, 6) is 0.529. The molecule has 5 nitrogen and oxygen atoms in total. The minimum Gasteiger partial charge on any atom is -0.478 e. The van der Waals surface area contributed by atoms with E-state index in [4.69, 9.17) is 0 Å². The molecule has 1 amide bonds. The Kier molecular flexibility index (Phi) is 4.38. The van der Waals surface area contributed by atoms with Crippen LogP contribution in [0.1, 0.15) is 59.5 Å². The molecule has 0 spiro atoms. The lowest BCUT2D eigenvalue weighted by molar-refractivity contribution is -0.118. The van der Waals surface area contributed by atoms with Crippen LogP contribution in [-0.2, 0) is 17.9 Å². The third-order valence-electron chi connectivity index (χ3n) is 6.37. The molecule has 29 heavy (non-hydrogen) atoms. The second-order valence-electron chi connectivity index (χ2n) is 8.16. The van der Waals surface area contributed by atoms with Crippen molar-refractivity contribution in [1.82, 2.24) is 4.57 Å². The summed E-state index contributed by atoms with van der Waals surface area (Å²) in [5, 5.41) is 10.6. The maximum Gasteiger partial charge on any atom is 0.335 e. The Morgan fingerprint density at radius 2 is 1.79 bits per heavy atom. The molecule has 2 aliphatic rings. The number of hydrogen-bond donors (Lipinski definition) is 1. The van der Waals surface area contributed by atoms with Gasteiger partial charge in [0.05, 0.1) is 17.6 Å². The van der Waals surface area contributed by atoms with Crippen molar-refractivity contribution in [3.63, 3.8) is 0 Å². The molecule has 2 aromatic carbocycles. The Labute approximate surface area is 169 Å². The molecule has 2 heterocycles. The predicted octanol–water partition coefficient (Wildman–Crippen LogP) is 4.93. The Balaban J connectivity index is 1.69. The van der Waals surface area contributed by atoms with Crippen molar-refractivity contribution in [2.24, 2.45) is 0 Å². The van der Waals surface area contributed by atoms with Gasteiger partial charge in [-0.3, -0.25) is 9.69 Å². The number of aromatic nitrogens is 1. The second kappa shape index (κ2) is 7.07. The fraction of sp³-hybridized carbons (Fsp3) is 0.333. The molecule has 148 valence electrons. The molecule has 1 aliphatic heterocycles. The maximum absolute atomic E-state index is 13.0. The number of carboxylic acid groups (broad SMARTS) is 1. The summed E-state index contributed by atoms with van der Waals surface area (Å²) >= 11 is 0. The molecular weight excluding hydrogens is 364 g/mol. The zero-order valence-corrected chi connectivity index (χ0v) is 16.3. The third kappa shape index (κ3) is 3.01. The summed E-state index contributed by atoms with van der Waals surface area (Å²) in [6.07, 6.45) is 5.92. The number of carbonyl (C=O) groups excluding carboxylic acids is 1. The van der Waals surface area contributed by atoms with Crippen molar-refractivity contribution in [3.8, 4) is 0 Å². The highest BCUT2D eigenvalue weighted by atomic mass is 16.4. The molecule has 0 bridgehead atoms. The molecule has 0 unspecified atom stereocenters. The van der Waals surface area contributed by atoms with Gasteiger partial charge in [0.1, 0.15) is 12.4 Å². The number of carboxylic acids is 1. The monoisotopic (exact) mass is 388 g/mol. The smallest absolute Gasteiger partial charge is 0.335 e. The summed E-state index contributed by atoms with van der Waals surface area (Å²) in [7, 11) is 0. The van der Waals surface area contributed by atoms with Gasteiger partial charge in [0, 0.05) is 10.9 Å². The van der Waals surface area contributed by atoms with Crippen LogP contribution in [0.25, 0.3) is 10.9 Å². The number of rotatable bonds is 4. The first-order valence-electron chi connectivity index (χ1n) is 10.4. The van der Waals surface area contributed by atoms with E-state index in [2.05, 4.69) is 0 Å². The highest BCUT2D eigenvalue weighted by Crippen LogP contribution is 2.46. The Morgan fingerprint density at radius 3 is 2.52 bits per heavy atom. The molecule has 0 saturated heterocycles. The summed E-state index contributed by atoms with van der Waals surface area (Å²) in [6.45, 7) is 0.815. The molecule has 0 atom stereocenters. The fourth-order valence-corrected chi connectivity index (χ4v) is 5.01. The quantitative estimate of drug-likeness (QED) is 0.689. The van der Waals surface area contributed by atoms with Gasteiger partial charge in [-0.2, -0.15) is 0 Å². The van der Waals surface area contributed by atoms with Gasteiger partial charge in [0.2, 0.25) is 5.91 Å². The molecule has 5 heteroatoms. The number of benzene rings is 2. The molecule has 3 aromatic rings. The maximum atomic E-state index is 13.0. The molecule has 1 saturated carbocycles. The number of aromatic carboxylic acids is 1. The highest BCUT2D eigenvalue weighted by molar-refractivity contribution is 6.05. The summed E-state index contributed by atoms with van der Waals surface area (Å²) in [6, 6.07) is 15.4. The molecule has 5 rings (SSSR count). The zero-order valence-electron chi connectivity index (χ0n) is 16.3. The standard InChI is InChI=1S/C24H24N2O3/c27-21-15-25-20-13-18(24(28)29)11-12-19(20)22(17-9-5-2-6-10-17)23(25)26(21)14-16-7-3-1-4-8-16/h1,3-4,7-8,11-13,17H,2,5-6,9-10,14-15H2,(H,28,29). The Morgan fingerprint density at radius 1 is 1.03 bits per heavy atom. The van der Waals surface area contributed by atoms with E-state index in [1.807, 2.05) is 45.9 Å². The average molecular weight is 388 g/mol. The van der Waals surface area contributed by atoms with Gasteiger partial charge in [-0.1, -0.05) is 55.7 Å². The molecule has 0 radical (unpaired) electrons. The van der Waals surface area contributed by atoms with Gasteiger partial charge < -0.3 is 9.67 Å². The van der Waals surface area contributed by atoms with Gasteiger partial charge >= 0.3 is 5.97 Å². The topological polar surface area (TPSA) is 62.5 Å². The number of amides is 1. The van der Waals surface area contributed by atoms with E-state index in [0.717, 1.165) is 35.1 Å². The van der Waals surface area contributed by atoms with Gasteiger partial charge in [-0.25, -0.2) is 4.79 Å². The molecular formula is C24H24N2O3. The van der Waals surface area contributed by atoms with E-state index in [0.29, 0.717) is 12.5 Å². The summed E-state index contributed by atoms with van der Waals surface area (Å²) in [4.78, 5) is 26.4. The van der Waals surface area contributed by atoms with Crippen LogP contribution in [-0.4, -0.2) is 21.6 Å². The highest BCUT2D eigenvalue weighted by Gasteiger charge is 2.36. The van der Waals surface area contributed by atoms with E-state index in [1.165, 1.54) is 24.8 Å². The summed E-state index contributed by atoms with van der Waals surface area (Å²) in [5.41, 5.74) is 3.46. The van der Waals surface area contributed by atoms with E-state index < -0.39 is 5.97 Å². The Hall–Kier alpha value is -3.08. The minimum absolute atomic E-state index is 0.0727. The Bertz CT molecular complexity index is 1090. The van der Waals surface area contributed by atoms with Crippen LogP contribution in [0.5, 0.6) is 0 Å². The van der Waals surface area contributed by atoms with Gasteiger partial charge in [0.25, 0.3) is 0 Å². The van der Waals surface area contributed by atoms with Crippen LogP contribution in [0.4, 0.5) is 5.82 Å². The van der Waals surface area contributed by atoms with Crippen molar-refractivity contribution in [1.29, 1.82) is 0 Å². The first-order chi connectivity index (χ1) is 14.1. The zero-order chi connectivity index (χ0) is 20.0. The number of carbonyl (C=O) groups is 2. The van der Waals surface area contributed by atoms with E-state index in [-0.39, 0.29) is 18.0 Å². The second-order valence-corrected chi connectivity index (χ2v) is 8.16. The van der Waals surface area contributed by atoms with Gasteiger partial charge in [0.15, 0.2) is 0 Å². The molecule has 1 aliphatic carbocycles. The van der Waals surface area contributed by atoms with Crippen LogP contribution >= 0.6 is 0 Å². The van der Waals surface area contributed by atoms with Crippen molar-refractivity contribution in [2.45, 2.75) is 51.1 Å². The van der Waals surface area contributed by atoms with Crippen LogP contribution in [0.2, 0.25) is 0 Å². The molecule has 1 fully saturated rings. The van der Waals surface area contributed by atoms with Crippen molar-refractivity contribution < 1.29 is 14.7 Å². The normalized spacial score (nSPS) is 17.1. The van der Waals surface area contributed by atoms with Gasteiger partial charge in [-0.15, -0.1) is 0 Å². The molecule has 1 aromatic heterocycles. The van der Waals surface area contributed by atoms with Gasteiger partial charge in [-0.05, 0) is 36.5 Å². The van der Waals surface area contributed by atoms with E-state index in [1.54, 1.807) is 12.1 Å². The largest absolute Gasteiger partial charge is 0.478 e. The van der Waals surface area contributed by atoms with Crippen molar-refractivity contribution >= 4 is 28.6 Å². The minimum atomic E-state index is -0.938. The van der Waals surface area contributed by atoms with Crippen LogP contribution in [0.3, 0.4) is 0 Å². The van der Waals surface area contributed by atoms with E-state index in [9.17, 15) is 14.7 Å². The predicted molar refractivity (Wildman–Crippen MR) is 112 cm³/mol. The third-order valence-corrected chi connectivity index (χ3v) is 6.37. The number of anilines is 1. The van der Waals surface area contributed by atoms with Crippen LogP contribution < -0.4 is 4.90 Å². The molecule has 1 N–H and O–H groups in total. The first kappa shape index (κ1) is 18.0. The first-order valence-corrected chi connectivity index (χ1v) is 10.4. The SMILES string of the molecule is O=C(O)c1ccc2c(C3CCCCC3)c3n(c2c1)CC(=O)N3Cc1ccccc1. The lowest BCUT2D eigenvalue weighted by Crippen LogP contribution is -2.27.